The molecule has 0 atom stereocenters. The Morgan fingerprint density at radius 3 is 2.80 bits per heavy atom. The lowest BCUT2D eigenvalue weighted by Gasteiger charge is -1.91. The molecule has 1 aromatic heterocycles. The molecule has 0 amide bonds. The van der Waals surface area contributed by atoms with Crippen LogP contribution in [0.25, 0.3) is 0 Å². The topological polar surface area (TPSA) is 20.2 Å². The molecule has 1 heterocycles. The molecule has 0 unspecified atom stereocenters. The fraction of sp³-hybridized carbons (Fsp3) is 0.429. The number of aryl methyl sites for hydroxylation is 1. The number of aromatic hydroxyl groups is 1. The molecular weight excluding hydrogens is 168 g/mol. The van der Waals surface area contributed by atoms with Gasteiger partial charge >= 0.3 is 0 Å². The molecule has 10 heavy (non-hydrogen) atoms. The minimum absolute atomic E-state index is 0.218. The fourth-order valence-electron chi connectivity index (χ4n) is 0.769. The normalized spacial score (nSPS) is 10.2. The van der Waals surface area contributed by atoms with Crippen LogP contribution in [0.4, 0.5) is 0 Å². The molecule has 0 aromatic carbocycles. The minimum atomic E-state index is 0.218. The zero-order valence-electron chi connectivity index (χ0n) is 5.72. The second-order valence-corrected chi connectivity index (χ2v) is 3.45. The largest absolute Gasteiger partial charge is 0.506 e. The number of halogens is 1. The van der Waals surface area contributed by atoms with E-state index in [9.17, 15) is 0 Å². The van der Waals surface area contributed by atoms with Crippen LogP contribution in [0.2, 0.25) is 5.02 Å². The molecule has 0 radical (unpaired) electrons. The number of hydrogen-bond donors (Lipinski definition) is 1. The predicted molar refractivity (Wildman–Crippen MR) is 45.0 cm³/mol. The van der Waals surface area contributed by atoms with Crippen molar-refractivity contribution in [2.45, 2.75) is 19.8 Å². The summed E-state index contributed by atoms with van der Waals surface area (Å²) in [6, 6.07) is 0. The molecule has 1 nitrogen and oxygen atoms in total. The molecular formula is C7H9ClOS. The maximum atomic E-state index is 9.05. The summed E-state index contributed by atoms with van der Waals surface area (Å²) in [5.41, 5.74) is 0. The van der Waals surface area contributed by atoms with Gasteiger partial charge in [-0.1, -0.05) is 24.9 Å². The molecule has 1 rings (SSSR count). The summed E-state index contributed by atoms with van der Waals surface area (Å²) in [5, 5.41) is 11.3. The lowest BCUT2D eigenvalue weighted by molar-refractivity contribution is 0.477. The van der Waals surface area contributed by atoms with Crippen molar-refractivity contribution in [1.82, 2.24) is 0 Å². The van der Waals surface area contributed by atoms with Crippen molar-refractivity contribution < 1.29 is 5.11 Å². The van der Waals surface area contributed by atoms with Crippen molar-refractivity contribution in [3.05, 3.63) is 15.3 Å². The molecule has 0 aliphatic carbocycles. The van der Waals surface area contributed by atoms with Crippen molar-refractivity contribution in [3.8, 4) is 5.75 Å². The molecule has 1 aromatic rings. The summed E-state index contributed by atoms with van der Waals surface area (Å²) in [7, 11) is 0. The third-order valence-electron chi connectivity index (χ3n) is 1.26. The van der Waals surface area contributed by atoms with Gasteiger partial charge in [0.15, 0.2) is 0 Å². The number of hydrogen-bond acceptors (Lipinski definition) is 2. The van der Waals surface area contributed by atoms with E-state index in [-0.39, 0.29) is 5.75 Å². The monoisotopic (exact) mass is 176 g/mol. The highest BCUT2D eigenvalue weighted by Crippen LogP contribution is 2.33. The Bertz CT molecular complexity index is 219. The lowest BCUT2D eigenvalue weighted by Crippen LogP contribution is -1.75. The smallest absolute Gasteiger partial charge is 0.145 e. The predicted octanol–water partition coefficient (Wildman–Crippen LogP) is 3.06. The fourth-order valence-corrected chi connectivity index (χ4v) is 2.02. The summed E-state index contributed by atoms with van der Waals surface area (Å²) in [6.45, 7) is 2.09. The van der Waals surface area contributed by atoms with Crippen molar-refractivity contribution in [2.75, 3.05) is 0 Å². The number of thiophene rings is 1. The standard InChI is InChI=1S/C7H9ClOS/c1-2-3-6-7(8)5(9)4-10-6/h4,9H,2-3H2,1H3. The van der Waals surface area contributed by atoms with Gasteiger partial charge in [0, 0.05) is 10.3 Å². The van der Waals surface area contributed by atoms with E-state index in [2.05, 4.69) is 6.92 Å². The molecule has 0 saturated heterocycles. The van der Waals surface area contributed by atoms with Crippen LogP contribution in [0.5, 0.6) is 5.75 Å². The van der Waals surface area contributed by atoms with Crippen LogP contribution in [0.15, 0.2) is 5.38 Å². The van der Waals surface area contributed by atoms with Gasteiger partial charge in [0.05, 0.1) is 5.02 Å². The van der Waals surface area contributed by atoms with Crippen LogP contribution in [0.3, 0.4) is 0 Å². The Labute approximate surface area is 69.3 Å². The van der Waals surface area contributed by atoms with Gasteiger partial charge in [0.2, 0.25) is 0 Å². The maximum absolute atomic E-state index is 9.05. The third-order valence-corrected chi connectivity index (χ3v) is 2.83. The molecule has 3 heteroatoms. The highest BCUT2D eigenvalue weighted by Gasteiger charge is 2.05. The van der Waals surface area contributed by atoms with E-state index in [1.54, 1.807) is 5.38 Å². The van der Waals surface area contributed by atoms with Gasteiger partial charge in [-0.15, -0.1) is 11.3 Å². The Hall–Kier alpha value is -0.210. The maximum Gasteiger partial charge on any atom is 0.145 e. The molecule has 1 N–H and O–H groups in total. The van der Waals surface area contributed by atoms with Crippen LogP contribution in [0, 0.1) is 0 Å². The Balaban J connectivity index is 2.83. The van der Waals surface area contributed by atoms with Crippen molar-refractivity contribution in [1.29, 1.82) is 0 Å². The van der Waals surface area contributed by atoms with Gasteiger partial charge < -0.3 is 5.11 Å². The highest BCUT2D eigenvalue weighted by atomic mass is 35.5. The molecule has 0 aliphatic heterocycles. The van der Waals surface area contributed by atoms with E-state index in [1.807, 2.05) is 0 Å². The first kappa shape index (κ1) is 7.89. The van der Waals surface area contributed by atoms with Crippen LogP contribution < -0.4 is 0 Å². The van der Waals surface area contributed by atoms with Crippen LogP contribution >= 0.6 is 22.9 Å². The molecule has 56 valence electrons. The summed E-state index contributed by atoms with van der Waals surface area (Å²) in [6.07, 6.45) is 2.03. The van der Waals surface area contributed by atoms with E-state index < -0.39 is 0 Å². The van der Waals surface area contributed by atoms with Crippen LogP contribution in [-0.4, -0.2) is 5.11 Å². The minimum Gasteiger partial charge on any atom is -0.506 e. The summed E-state index contributed by atoms with van der Waals surface area (Å²) in [5.74, 6) is 0.218. The van der Waals surface area contributed by atoms with Crippen molar-refractivity contribution >= 4 is 22.9 Å². The van der Waals surface area contributed by atoms with E-state index in [0.29, 0.717) is 5.02 Å². The van der Waals surface area contributed by atoms with Gasteiger partial charge in [-0.2, -0.15) is 0 Å². The van der Waals surface area contributed by atoms with Gasteiger partial charge in [-0.25, -0.2) is 0 Å². The first-order valence-electron chi connectivity index (χ1n) is 3.20. The quantitative estimate of drug-likeness (QED) is 0.735. The second kappa shape index (κ2) is 3.26. The van der Waals surface area contributed by atoms with Crippen molar-refractivity contribution in [3.63, 3.8) is 0 Å². The van der Waals surface area contributed by atoms with Gasteiger partial charge in [-0.05, 0) is 6.42 Å². The Morgan fingerprint density at radius 2 is 2.40 bits per heavy atom. The first-order valence-corrected chi connectivity index (χ1v) is 4.46. The number of rotatable bonds is 2. The van der Waals surface area contributed by atoms with Crippen molar-refractivity contribution in [2.24, 2.45) is 0 Å². The molecule has 0 fully saturated rings. The van der Waals surface area contributed by atoms with Gasteiger partial charge in [0.1, 0.15) is 5.75 Å². The molecule has 0 aliphatic rings. The SMILES string of the molecule is CCCc1scc(O)c1Cl. The molecule has 0 saturated carbocycles. The zero-order chi connectivity index (χ0) is 7.56. The average molecular weight is 177 g/mol. The van der Waals surface area contributed by atoms with E-state index in [4.69, 9.17) is 16.7 Å². The van der Waals surface area contributed by atoms with Crippen LogP contribution in [-0.2, 0) is 6.42 Å². The van der Waals surface area contributed by atoms with Crippen LogP contribution in [0.1, 0.15) is 18.2 Å². The second-order valence-electron chi connectivity index (χ2n) is 2.11. The summed E-state index contributed by atoms with van der Waals surface area (Å²) < 4.78 is 0. The lowest BCUT2D eigenvalue weighted by atomic mass is 10.3. The molecule has 0 bridgehead atoms. The highest BCUT2D eigenvalue weighted by molar-refractivity contribution is 7.10. The average Bonchev–Trinajstić information content (AvgIpc) is 2.20. The van der Waals surface area contributed by atoms with Gasteiger partial charge in [0.25, 0.3) is 0 Å². The summed E-state index contributed by atoms with van der Waals surface area (Å²) in [4.78, 5) is 1.08. The summed E-state index contributed by atoms with van der Waals surface area (Å²) >= 11 is 7.27. The van der Waals surface area contributed by atoms with E-state index in [1.165, 1.54) is 11.3 Å². The molecule has 0 spiro atoms. The van der Waals surface area contributed by atoms with E-state index in [0.717, 1.165) is 17.7 Å². The Morgan fingerprint density at radius 1 is 1.70 bits per heavy atom. The Kier molecular flexibility index (Phi) is 2.57. The first-order chi connectivity index (χ1) is 4.75. The van der Waals surface area contributed by atoms with E-state index >= 15 is 0 Å². The van der Waals surface area contributed by atoms with Gasteiger partial charge in [-0.3, -0.25) is 0 Å². The zero-order valence-corrected chi connectivity index (χ0v) is 7.30. The third kappa shape index (κ3) is 1.44.